The monoisotopic (exact) mass is 340 g/mol. The number of rotatable bonds is 14. The molecule has 0 rings (SSSR count). The molecule has 0 aromatic carbocycles. The van der Waals surface area contributed by atoms with Crippen molar-refractivity contribution in [1.82, 2.24) is 10.6 Å². The summed E-state index contributed by atoms with van der Waals surface area (Å²) in [5.41, 5.74) is 0. The largest absolute Gasteiger partial charge is 0.368 e. The molecule has 0 saturated heterocycles. The molecule has 0 heterocycles. The van der Waals surface area contributed by atoms with Crippen LogP contribution in [0.3, 0.4) is 0 Å². The topological polar surface area (TPSA) is 76.7 Å². The number of hydrogen-bond donors (Lipinski definition) is 2. The second-order valence-electron chi connectivity index (χ2n) is 5.54. The Morgan fingerprint density at radius 2 is 1.50 bits per heavy atom. The Morgan fingerprint density at radius 3 is 1.96 bits per heavy atom. The number of hydrogen-bond acceptors (Lipinski definition) is 4. The van der Waals surface area contributed by atoms with Crippen molar-refractivity contribution < 1.29 is 19.1 Å². The average Bonchev–Trinajstić information content (AvgIpc) is 2.58. The highest BCUT2D eigenvalue weighted by atomic mass is 16.5. The first-order valence-corrected chi connectivity index (χ1v) is 8.49. The summed E-state index contributed by atoms with van der Waals surface area (Å²) in [6, 6.07) is -0.146. The zero-order valence-electron chi connectivity index (χ0n) is 15.2. The zero-order chi connectivity index (χ0) is 18.4. The van der Waals surface area contributed by atoms with E-state index in [1.807, 2.05) is 6.92 Å². The van der Waals surface area contributed by atoms with Gasteiger partial charge in [-0.25, -0.2) is 0 Å². The highest BCUT2D eigenvalue weighted by Crippen LogP contribution is 1.98. The van der Waals surface area contributed by atoms with Gasteiger partial charge in [-0.1, -0.05) is 19.1 Å². The molecule has 6 heteroatoms. The van der Waals surface area contributed by atoms with E-state index in [-0.39, 0.29) is 17.9 Å². The first-order valence-electron chi connectivity index (χ1n) is 8.49. The fourth-order valence-corrected chi connectivity index (χ4v) is 1.79. The Labute approximate surface area is 145 Å². The van der Waals surface area contributed by atoms with Crippen LogP contribution < -0.4 is 10.6 Å². The van der Waals surface area contributed by atoms with Crippen molar-refractivity contribution >= 4 is 11.8 Å². The molecule has 0 bridgehead atoms. The quantitative estimate of drug-likeness (QED) is 0.374. The maximum Gasteiger partial charge on any atom is 0.249 e. The van der Waals surface area contributed by atoms with Gasteiger partial charge in [-0.15, -0.1) is 13.2 Å². The van der Waals surface area contributed by atoms with Gasteiger partial charge in [0.05, 0.1) is 13.2 Å². The summed E-state index contributed by atoms with van der Waals surface area (Å²) in [7, 11) is 0. The standard InChI is InChI=1S/C18H32N2O4/c1-6-9-11-23-14(4)17(21)19-13-16(8-3)20-18(22)15(5)24-12-10-7-2/h6-7,14-16H,1-2,8-13H2,3-5H3,(H,19,21)(H,20,22)/t14-,15+,16+/m1/s1. The molecule has 2 amide bonds. The van der Waals surface area contributed by atoms with Crippen LogP contribution in [-0.4, -0.2) is 49.8 Å². The van der Waals surface area contributed by atoms with Crippen LogP contribution in [0.4, 0.5) is 0 Å². The third kappa shape index (κ3) is 10.2. The summed E-state index contributed by atoms with van der Waals surface area (Å²) in [4.78, 5) is 24.0. The average molecular weight is 340 g/mol. The van der Waals surface area contributed by atoms with Crippen molar-refractivity contribution in [2.75, 3.05) is 19.8 Å². The molecule has 2 N–H and O–H groups in total. The first kappa shape index (κ1) is 22.3. The maximum atomic E-state index is 12.1. The lowest BCUT2D eigenvalue weighted by atomic mass is 10.2. The van der Waals surface area contributed by atoms with Crippen LogP contribution >= 0.6 is 0 Å². The summed E-state index contributed by atoms with van der Waals surface area (Å²) >= 11 is 0. The molecule has 0 aromatic heterocycles. The van der Waals surface area contributed by atoms with Gasteiger partial charge in [-0.2, -0.15) is 0 Å². The minimum Gasteiger partial charge on any atom is -0.368 e. The summed E-state index contributed by atoms with van der Waals surface area (Å²) in [5, 5.41) is 5.68. The number of nitrogens with one attached hydrogen (secondary N) is 2. The van der Waals surface area contributed by atoms with E-state index < -0.39 is 12.2 Å². The molecule has 0 saturated carbocycles. The van der Waals surface area contributed by atoms with Gasteiger partial charge >= 0.3 is 0 Å². The predicted octanol–water partition coefficient (Wildman–Crippen LogP) is 1.96. The van der Waals surface area contributed by atoms with Crippen LogP contribution in [0.25, 0.3) is 0 Å². The van der Waals surface area contributed by atoms with Crippen molar-refractivity contribution in [3.8, 4) is 0 Å². The number of ether oxygens (including phenoxy) is 2. The maximum absolute atomic E-state index is 12.1. The van der Waals surface area contributed by atoms with Crippen molar-refractivity contribution in [2.24, 2.45) is 0 Å². The third-order valence-electron chi connectivity index (χ3n) is 3.48. The molecule has 0 spiro atoms. The predicted molar refractivity (Wildman–Crippen MR) is 95.7 cm³/mol. The van der Waals surface area contributed by atoms with Crippen LogP contribution in [0.2, 0.25) is 0 Å². The molecular formula is C18H32N2O4. The van der Waals surface area contributed by atoms with Crippen molar-refractivity contribution in [1.29, 1.82) is 0 Å². The van der Waals surface area contributed by atoms with Gasteiger partial charge in [0.2, 0.25) is 11.8 Å². The van der Waals surface area contributed by atoms with Gasteiger partial charge in [0.1, 0.15) is 12.2 Å². The van der Waals surface area contributed by atoms with E-state index in [0.717, 1.165) is 0 Å². The molecule has 0 aliphatic carbocycles. The number of amides is 2. The molecule has 0 fully saturated rings. The SMILES string of the molecule is C=CCCO[C@@H](C)C(=O)N[C@@H](CC)CNC(=O)[C@@H](C)OCCC=C. The highest BCUT2D eigenvalue weighted by molar-refractivity contribution is 5.81. The second kappa shape index (κ2) is 13.7. The molecule has 0 aromatic rings. The van der Waals surface area contributed by atoms with E-state index in [0.29, 0.717) is 39.0 Å². The molecule has 24 heavy (non-hydrogen) atoms. The fraction of sp³-hybridized carbons (Fsp3) is 0.667. The molecule has 0 aliphatic heterocycles. The van der Waals surface area contributed by atoms with Gasteiger partial charge in [-0.05, 0) is 33.1 Å². The van der Waals surface area contributed by atoms with Crippen LogP contribution in [-0.2, 0) is 19.1 Å². The molecule has 0 aliphatic rings. The van der Waals surface area contributed by atoms with E-state index >= 15 is 0 Å². The van der Waals surface area contributed by atoms with Gasteiger partial charge in [0.25, 0.3) is 0 Å². The molecule has 138 valence electrons. The van der Waals surface area contributed by atoms with E-state index in [1.165, 1.54) is 0 Å². The summed E-state index contributed by atoms with van der Waals surface area (Å²) in [6.45, 7) is 13.9. The summed E-state index contributed by atoms with van der Waals surface area (Å²) in [6.07, 6.45) is 4.54. The van der Waals surface area contributed by atoms with Gasteiger partial charge in [0, 0.05) is 12.6 Å². The minimum absolute atomic E-state index is 0.146. The van der Waals surface area contributed by atoms with Crippen LogP contribution in [0, 0.1) is 0 Å². The highest BCUT2D eigenvalue weighted by Gasteiger charge is 2.19. The molecular weight excluding hydrogens is 308 g/mol. The Hall–Kier alpha value is -1.66. The summed E-state index contributed by atoms with van der Waals surface area (Å²) < 4.78 is 10.8. The Bertz CT molecular complexity index is 398. The smallest absolute Gasteiger partial charge is 0.249 e. The van der Waals surface area contributed by atoms with E-state index in [1.54, 1.807) is 26.0 Å². The lowest BCUT2D eigenvalue weighted by Gasteiger charge is -2.21. The van der Waals surface area contributed by atoms with E-state index in [4.69, 9.17) is 9.47 Å². The molecule has 0 unspecified atom stereocenters. The first-order chi connectivity index (χ1) is 11.5. The molecule has 6 nitrogen and oxygen atoms in total. The third-order valence-corrected chi connectivity index (χ3v) is 3.48. The number of carbonyl (C=O) groups is 2. The van der Waals surface area contributed by atoms with Gasteiger partial charge in [-0.3, -0.25) is 9.59 Å². The normalized spacial score (nSPS) is 14.3. The van der Waals surface area contributed by atoms with E-state index in [2.05, 4.69) is 23.8 Å². The Kier molecular flexibility index (Phi) is 12.8. The molecule has 0 radical (unpaired) electrons. The second-order valence-corrected chi connectivity index (χ2v) is 5.54. The lowest BCUT2D eigenvalue weighted by molar-refractivity contribution is -0.134. The Balaban J connectivity index is 4.16. The van der Waals surface area contributed by atoms with Crippen molar-refractivity contribution in [3.63, 3.8) is 0 Å². The number of carbonyl (C=O) groups excluding carboxylic acids is 2. The molecule has 3 atom stereocenters. The van der Waals surface area contributed by atoms with Gasteiger partial charge < -0.3 is 20.1 Å². The fourth-order valence-electron chi connectivity index (χ4n) is 1.79. The Morgan fingerprint density at radius 1 is 1.00 bits per heavy atom. The van der Waals surface area contributed by atoms with Crippen LogP contribution in [0.5, 0.6) is 0 Å². The van der Waals surface area contributed by atoms with Gasteiger partial charge in [0.15, 0.2) is 0 Å². The minimum atomic E-state index is -0.532. The van der Waals surface area contributed by atoms with Crippen molar-refractivity contribution in [2.45, 2.75) is 58.3 Å². The van der Waals surface area contributed by atoms with Crippen LogP contribution in [0.1, 0.15) is 40.0 Å². The lowest BCUT2D eigenvalue weighted by Crippen LogP contribution is -2.48. The van der Waals surface area contributed by atoms with Crippen molar-refractivity contribution in [3.05, 3.63) is 25.3 Å². The zero-order valence-corrected chi connectivity index (χ0v) is 15.2. The van der Waals surface area contributed by atoms with E-state index in [9.17, 15) is 9.59 Å². The van der Waals surface area contributed by atoms with Crippen LogP contribution in [0.15, 0.2) is 25.3 Å². The summed E-state index contributed by atoms with van der Waals surface area (Å²) in [5.74, 6) is -0.377.